The molecule has 1 saturated carbocycles. The van der Waals surface area contributed by atoms with Crippen LogP contribution in [0.3, 0.4) is 0 Å². The van der Waals surface area contributed by atoms with Crippen LogP contribution in [0.5, 0.6) is 0 Å². The van der Waals surface area contributed by atoms with Crippen molar-refractivity contribution in [1.82, 2.24) is 0 Å². The molecule has 0 atom stereocenters. The van der Waals surface area contributed by atoms with Crippen molar-refractivity contribution >= 4 is 5.97 Å². The summed E-state index contributed by atoms with van der Waals surface area (Å²) in [6.45, 7) is 2.07. The van der Waals surface area contributed by atoms with Gasteiger partial charge >= 0.3 is 5.97 Å². The van der Waals surface area contributed by atoms with Gasteiger partial charge in [0.15, 0.2) is 0 Å². The molecule has 0 aromatic heterocycles. The number of ether oxygens (including phenoxy) is 1. The Bertz CT molecular complexity index is 254. The predicted molar refractivity (Wildman–Crippen MR) is 80.1 cm³/mol. The Hall–Kier alpha value is -0.790. The third kappa shape index (κ3) is 12.0. The molecule has 0 bridgehead atoms. The third-order valence-electron chi connectivity index (χ3n) is 3.60. The molecular formula is C17H30O2. The number of hydrogen-bond acceptors (Lipinski definition) is 2. The second-order valence-electron chi connectivity index (χ2n) is 5.72. The average Bonchev–Trinajstić information content (AvgIpc) is 3.18. The largest absolute Gasteiger partial charge is 0.466 e. The Labute approximate surface area is 118 Å². The summed E-state index contributed by atoms with van der Waals surface area (Å²) in [5, 5.41) is 0. The average molecular weight is 266 g/mol. The molecule has 0 aliphatic heterocycles. The van der Waals surface area contributed by atoms with E-state index in [1.807, 2.05) is 0 Å². The maximum absolute atomic E-state index is 10.5. The zero-order valence-corrected chi connectivity index (χ0v) is 12.5. The summed E-state index contributed by atoms with van der Waals surface area (Å²) in [5.41, 5.74) is 0. The summed E-state index contributed by atoms with van der Waals surface area (Å²) in [6.07, 6.45) is 19.2. The van der Waals surface area contributed by atoms with Gasteiger partial charge in [-0.05, 0) is 38.0 Å². The van der Waals surface area contributed by atoms with Gasteiger partial charge in [-0.1, -0.05) is 50.7 Å². The van der Waals surface area contributed by atoms with Crippen molar-refractivity contribution in [3.05, 3.63) is 12.2 Å². The summed E-state index contributed by atoms with van der Waals surface area (Å²) in [7, 11) is 0. The minimum absolute atomic E-state index is 0.157. The fourth-order valence-corrected chi connectivity index (χ4v) is 2.22. The van der Waals surface area contributed by atoms with Crippen LogP contribution in [0.25, 0.3) is 0 Å². The van der Waals surface area contributed by atoms with Gasteiger partial charge in [-0.25, -0.2) is 0 Å². The van der Waals surface area contributed by atoms with E-state index in [0.29, 0.717) is 6.61 Å². The molecule has 1 aliphatic carbocycles. The van der Waals surface area contributed by atoms with Gasteiger partial charge in [0.1, 0.15) is 0 Å². The SMILES string of the molecule is CC(=O)OCCCCCCCCCCC=CC1CC1. The zero-order chi connectivity index (χ0) is 13.8. The Morgan fingerprint density at radius 2 is 1.58 bits per heavy atom. The van der Waals surface area contributed by atoms with Crippen LogP contribution in [-0.2, 0) is 9.53 Å². The summed E-state index contributed by atoms with van der Waals surface area (Å²) >= 11 is 0. The van der Waals surface area contributed by atoms with Gasteiger partial charge in [0, 0.05) is 6.92 Å². The number of carbonyl (C=O) groups is 1. The highest BCUT2D eigenvalue weighted by molar-refractivity contribution is 5.65. The van der Waals surface area contributed by atoms with Crippen LogP contribution < -0.4 is 0 Å². The Morgan fingerprint density at radius 3 is 2.16 bits per heavy atom. The highest BCUT2D eigenvalue weighted by Gasteiger charge is 2.16. The molecule has 1 fully saturated rings. The standard InChI is InChI=1S/C17H30O2/c1-16(18)19-15-11-9-7-5-3-2-4-6-8-10-12-17-13-14-17/h10,12,17H,2-9,11,13-15H2,1H3. The highest BCUT2D eigenvalue weighted by atomic mass is 16.5. The number of unbranched alkanes of at least 4 members (excludes halogenated alkanes) is 8. The number of rotatable bonds is 12. The molecule has 0 heterocycles. The summed E-state index contributed by atoms with van der Waals surface area (Å²) < 4.78 is 4.90. The number of carbonyl (C=O) groups excluding carboxylic acids is 1. The van der Waals surface area contributed by atoms with Crippen LogP contribution in [0.1, 0.15) is 77.6 Å². The topological polar surface area (TPSA) is 26.3 Å². The van der Waals surface area contributed by atoms with Gasteiger partial charge in [0.05, 0.1) is 6.61 Å². The van der Waals surface area contributed by atoms with Gasteiger partial charge < -0.3 is 4.74 Å². The lowest BCUT2D eigenvalue weighted by Crippen LogP contribution is -2.00. The smallest absolute Gasteiger partial charge is 0.302 e. The van der Waals surface area contributed by atoms with Gasteiger partial charge in [0.25, 0.3) is 0 Å². The van der Waals surface area contributed by atoms with Crippen LogP contribution in [0, 0.1) is 5.92 Å². The molecule has 1 aliphatic rings. The second kappa shape index (κ2) is 11.1. The molecule has 0 aromatic rings. The molecule has 0 saturated heterocycles. The number of hydrogen-bond donors (Lipinski definition) is 0. The van der Waals surface area contributed by atoms with Crippen LogP contribution in [0.4, 0.5) is 0 Å². The van der Waals surface area contributed by atoms with Gasteiger partial charge in [-0.3, -0.25) is 4.79 Å². The van der Waals surface area contributed by atoms with Crippen molar-refractivity contribution in [3.8, 4) is 0 Å². The minimum Gasteiger partial charge on any atom is -0.466 e. The Morgan fingerprint density at radius 1 is 1.00 bits per heavy atom. The van der Waals surface area contributed by atoms with Crippen molar-refractivity contribution in [3.63, 3.8) is 0 Å². The van der Waals surface area contributed by atoms with Crippen LogP contribution in [0.15, 0.2) is 12.2 Å². The molecule has 0 spiro atoms. The fraction of sp³-hybridized carbons (Fsp3) is 0.824. The van der Waals surface area contributed by atoms with E-state index in [2.05, 4.69) is 12.2 Å². The fourth-order valence-electron chi connectivity index (χ4n) is 2.22. The number of esters is 1. The molecule has 110 valence electrons. The third-order valence-corrected chi connectivity index (χ3v) is 3.60. The van der Waals surface area contributed by atoms with E-state index in [-0.39, 0.29) is 5.97 Å². The Kier molecular flexibility index (Phi) is 9.48. The monoisotopic (exact) mass is 266 g/mol. The first-order valence-corrected chi connectivity index (χ1v) is 8.09. The van der Waals surface area contributed by atoms with E-state index in [1.165, 1.54) is 71.1 Å². The van der Waals surface area contributed by atoms with Gasteiger partial charge in [0.2, 0.25) is 0 Å². The molecule has 0 amide bonds. The van der Waals surface area contributed by atoms with Crippen molar-refractivity contribution in [2.24, 2.45) is 5.92 Å². The van der Waals surface area contributed by atoms with E-state index < -0.39 is 0 Å². The molecule has 1 rings (SSSR count). The molecule has 0 unspecified atom stereocenters. The normalized spacial score (nSPS) is 15.0. The van der Waals surface area contributed by atoms with E-state index in [1.54, 1.807) is 0 Å². The predicted octanol–water partition coefficient (Wildman–Crippen LogP) is 5.03. The van der Waals surface area contributed by atoms with Crippen molar-refractivity contribution in [1.29, 1.82) is 0 Å². The summed E-state index contributed by atoms with van der Waals surface area (Å²) in [4.78, 5) is 10.5. The van der Waals surface area contributed by atoms with Crippen LogP contribution in [-0.4, -0.2) is 12.6 Å². The molecule has 2 heteroatoms. The summed E-state index contributed by atoms with van der Waals surface area (Å²) in [5.74, 6) is 0.780. The lowest BCUT2D eigenvalue weighted by Gasteiger charge is -2.02. The zero-order valence-electron chi connectivity index (χ0n) is 12.5. The van der Waals surface area contributed by atoms with E-state index in [0.717, 1.165) is 12.3 Å². The van der Waals surface area contributed by atoms with E-state index in [9.17, 15) is 4.79 Å². The van der Waals surface area contributed by atoms with Crippen molar-refractivity contribution in [2.75, 3.05) is 6.61 Å². The van der Waals surface area contributed by atoms with E-state index in [4.69, 9.17) is 4.74 Å². The molecular weight excluding hydrogens is 236 g/mol. The Balaban J connectivity index is 1.67. The minimum atomic E-state index is -0.157. The molecule has 0 radical (unpaired) electrons. The lowest BCUT2D eigenvalue weighted by atomic mass is 10.1. The first kappa shape index (κ1) is 16.3. The molecule has 0 aromatic carbocycles. The first-order chi connectivity index (χ1) is 9.29. The molecule has 19 heavy (non-hydrogen) atoms. The number of allylic oxidation sites excluding steroid dienone is 2. The van der Waals surface area contributed by atoms with Crippen molar-refractivity contribution < 1.29 is 9.53 Å². The van der Waals surface area contributed by atoms with Gasteiger partial charge in [-0.15, -0.1) is 0 Å². The quantitative estimate of drug-likeness (QED) is 0.281. The summed E-state index contributed by atoms with van der Waals surface area (Å²) in [6, 6.07) is 0. The van der Waals surface area contributed by atoms with Crippen LogP contribution in [0.2, 0.25) is 0 Å². The molecule has 2 nitrogen and oxygen atoms in total. The maximum Gasteiger partial charge on any atom is 0.302 e. The maximum atomic E-state index is 10.5. The highest BCUT2D eigenvalue weighted by Crippen LogP contribution is 2.30. The van der Waals surface area contributed by atoms with E-state index >= 15 is 0 Å². The lowest BCUT2D eigenvalue weighted by molar-refractivity contribution is -0.141. The van der Waals surface area contributed by atoms with Gasteiger partial charge in [-0.2, -0.15) is 0 Å². The molecule has 0 N–H and O–H groups in total. The van der Waals surface area contributed by atoms with Crippen molar-refractivity contribution in [2.45, 2.75) is 77.6 Å². The first-order valence-electron chi connectivity index (χ1n) is 8.09. The van der Waals surface area contributed by atoms with Crippen LogP contribution >= 0.6 is 0 Å². The second-order valence-corrected chi connectivity index (χ2v) is 5.72.